The van der Waals surface area contributed by atoms with Crippen LogP contribution in [0.2, 0.25) is 0 Å². The minimum atomic E-state index is 0.128. The SMILES string of the molecule is CC(=O)c1c(C)c2ccccc2c2c1ccc1ccccc12. The Hall–Kier alpha value is -2.67. The van der Waals surface area contributed by atoms with Gasteiger partial charge in [-0.2, -0.15) is 0 Å². The Morgan fingerprint density at radius 1 is 0.727 bits per heavy atom. The van der Waals surface area contributed by atoms with Gasteiger partial charge < -0.3 is 0 Å². The third kappa shape index (κ3) is 1.69. The zero-order valence-corrected chi connectivity index (χ0v) is 12.7. The Balaban J connectivity index is 2.41. The summed E-state index contributed by atoms with van der Waals surface area (Å²) < 4.78 is 0. The Morgan fingerprint density at radius 3 is 2.09 bits per heavy atom. The van der Waals surface area contributed by atoms with Crippen LogP contribution in [0.3, 0.4) is 0 Å². The average molecular weight is 284 g/mol. The summed E-state index contributed by atoms with van der Waals surface area (Å²) in [6.45, 7) is 3.71. The van der Waals surface area contributed by atoms with Gasteiger partial charge in [0.05, 0.1) is 0 Å². The van der Waals surface area contributed by atoms with E-state index in [1.165, 1.54) is 21.5 Å². The number of benzene rings is 4. The van der Waals surface area contributed by atoms with Gasteiger partial charge in [-0.1, -0.05) is 60.7 Å². The molecule has 0 unspecified atom stereocenters. The quantitative estimate of drug-likeness (QED) is 0.326. The van der Waals surface area contributed by atoms with Crippen molar-refractivity contribution >= 4 is 38.1 Å². The molecule has 0 aromatic heterocycles. The lowest BCUT2D eigenvalue weighted by molar-refractivity contribution is 0.101. The molecule has 0 atom stereocenters. The number of hydrogen-bond donors (Lipinski definition) is 0. The molecular weight excluding hydrogens is 268 g/mol. The van der Waals surface area contributed by atoms with Gasteiger partial charge in [-0.15, -0.1) is 0 Å². The predicted octanol–water partition coefficient (Wildman–Crippen LogP) is 5.66. The molecule has 1 heteroatoms. The van der Waals surface area contributed by atoms with E-state index in [9.17, 15) is 4.79 Å². The van der Waals surface area contributed by atoms with Crippen LogP contribution in [0.4, 0.5) is 0 Å². The molecule has 0 amide bonds. The van der Waals surface area contributed by atoms with Gasteiger partial charge in [0.15, 0.2) is 5.78 Å². The molecule has 106 valence electrons. The van der Waals surface area contributed by atoms with Gasteiger partial charge >= 0.3 is 0 Å². The Labute approximate surface area is 129 Å². The fourth-order valence-corrected chi connectivity index (χ4v) is 3.59. The summed E-state index contributed by atoms with van der Waals surface area (Å²) in [5, 5.41) is 7.04. The molecule has 4 aromatic carbocycles. The average Bonchev–Trinajstić information content (AvgIpc) is 2.54. The van der Waals surface area contributed by atoms with E-state index in [0.717, 1.165) is 21.9 Å². The van der Waals surface area contributed by atoms with Gasteiger partial charge in [-0.3, -0.25) is 4.79 Å². The van der Waals surface area contributed by atoms with Crippen molar-refractivity contribution in [3.8, 4) is 0 Å². The van der Waals surface area contributed by atoms with E-state index in [-0.39, 0.29) is 5.78 Å². The molecule has 0 bridgehead atoms. The molecule has 0 saturated heterocycles. The topological polar surface area (TPSA) is 17.1 Å². The molecule has 0 radical (unpaired) electrons. The first-order valence-electron chi connectivity index (χ1n) is 7.52. The van der Waals surface area contributed by atoms with Gasteiger partial charge in [0.1, 0.15) is 0 Å². The van der Waals surface area contributed by atoms with Gasteiger partial charge in [-0.25, -0.2) is 0 Å². The Kier molecular flexibility index (Phi) is 2.77. The number of aryl methyl sites for hydroxylation is 1. The van der Waals surface area contributed by atoms with Crippen LogP contribution in [-0.2, 0) is 0 Å². The van der Waals surface area contributed by atoms with E-state index in [4.69, 9.17) is 0 Å². The summed E-state index contributed by atoms with van der Waals surface area (Å²) in [6, 6.07) is 20.9. The molecule has 0 N–H and O–H groups in total. The molecule has 0 aliphatic carbocycles. The summed E-state index contributed by atoms with van der Waals surface area (Å²) in [7, 11) is 0. The van der Waals surface area contributed by atoms with Gasteiger partial charge in [0, 0.05) is 5.56 Å². The summed E-state index contributed by atoms with van der Waals surface area (Å²) in [6.07, 6.45) is 0. The van der Waals surface area contributed by atoms with Crippen molar-refractivity contribution in [2.24, 2.45) is 0 Å². The highest BCUT2D eigenvalue weighted by molar-refractivity contribution is 6.26. The second kappa shape index (κ2) is 4.67. The molecule has 0 spiro atoms. The molecule has 0 heterocycles. The van der Waals surface area contributed by atoms with Crippen LogP contribution in [0.25, 0.3) is 32.3 Å². The molecule has 4 aromatic rings. The van der Waals surface area contributed by atoms with Crippen LogP contribution in [0.5, 0.6) is 0 Å². The van der Waals surface area contributed by atoms with Crippen molar-refractivity contribution < 1.29 is 4.79 Å². The van der Waals surface area contributed by atoms with Crippen LogP contribution in [0, 0.1) is 6.92 Å². The largest absolute Gasteiger partial charge is 0.294 e. The van der Waals surface area contributed by atoms with E-state index in [1.807, 2.05) is 13.0 Å². The number of carbonyl (C=O) groups is 1. The zero-order chi connectivity index (χ0) is 15.3. The predicted molar refractivity (Wildman–Crippen MR) is 93.7 cm³/mol. The van der Waals surface area contributed by atoms with E-state index in [1.54, 1.807) is 6.92 Å². The number of carbonyl (C=O) groups excluding carboxylic acids is 1. The van der Waals surface area contributed by atoms with Gasteiger partial charge in [0.2, 0.25) is 0 Å². The summed E-state index contributed by atoms with van der Waals surface area (Å²) >= 11 is 0. The van der Waals surface area contributed by atoms with Crippen molar-refractivity contribution in [1.29, 1.82) is 0 Å². The molecular formula is C21H16O. The minimum Gasteiger partial charge on any atom is -0.294 e. The number of fused-ring (bicyclic) bond motifs is 5. The third-order valence-electron chi connectivity index (χ3n) is 4.53. The zero-order valence-electron chi connectivity index (χ0n) is 12.7. The maximum Gasteiger partial charge on any atom is 0.160 e. The first kappa shape index (κ1) is 13.0. The lowest BCUT2D eigenvalue weighted by Gasteiger charge is -2.15. The summed E-state index contributed by atoms with van der Waals surface area (Å²) in [5.41, 5.74) is 1.92. The van der Waals surface area contributed by atoms with E-state index >= 15 is 0 Å². The maximum atomic E-state index is 12.3. The molecule has 0 aliphatic heterocycles. The van der Waals surface area contributed by atoms with Gasteiger partial charge in [-0.05, 0) is 51.7 Å². The lowest BCUT2D eigenvalue weighted by atomic mass is 9.88. The maximum absolute atomic E-state index is 12.3. The highest BCUT2D eigenvalue weighted by Crippen LogP contribution is 2.37. The van der Waals surface area contributed by atoms with E-state index in [0.29, 0.717) is 0 Å². The van der Waals surface area contributed by atoms with Crippen molar-refractivity contribution in [2.45, 2.75) is 13.8 Å². The van der Waals surface area contributed by atoms with Crippen LogP contribution in [-0.4, -0.2) is 5.78 Å². The Bertz CT molecular complexity index is 1060. The first-order chi connectivity index (χ1) is 10.7. The number of rotatable bonds is 1. The molecule has 22 heavy (non-hydrogen) atoms. The summed E-state index contributed by atoms with van der Waals surface area (Å²) in [5.74, 6) is 0.128. The monoisotopic (exact) mass is 284 g/mol. The number of hydrogen-bond acceptors (Lipinski definition) is 1. The number of Topliss-reactive ketones (excluding diaryl/α,β-unsaturated/α-hetero) is 1. The van der Waals surface area contributed by atoms with Crippen LogP contribution in [0.15, 0.2) is 60.7 Å². The molecule has 0 fully saturated rings. The molecule has 1 nitrogen and oxygen atoms in total. The lowest BCUT2D eigenvalue weighted by Crippen LogP contribution is -1.99. The fourth-order valence-electron chi connectivity index (χ4n) is 3.59. The Morgan fingerprint density at radius 2 is 1.36 bits per heavy atom. The van der Waals surface area contributed by atoms with E-state index < -0.39 is 0 Å². The number of ketones is 1. The van der Waals surface area contributed by atoms with Crippen molar-refractivity contribution in [1.82, 2.24) is 0 Å². The third-order valence-corrected chi connectivity index (χ3v) is 4.53. The second-order valence-corrected chi connectivity index (χ2v) is 5.81. The summed E-state index contributed by atoms with van der Waals surface area (Å²) in [4.78, 5) is 12.3. The van der Waals surface area contributed by atoms with Crippen molar-refractivity contribution in [3.63, 3.8) is 0 Å². The van der Waals surface area contributed by atoms with Crippen molar-refractivity contribution in [2.75, 3.05) is 0 Å². The van der Waals surface area contributed by atoms with Crippen LogP contribution < -0.4 is 0 Å². The standard InChI is InChI=1S/C21H16O/c1-13-16-8-5-6-10-18(16)21-17-9-4-3-7-15(17)11-12-19(21)20(13)14(2)22/h3-12H,1-2H3. The van der Waals surface area contributed by atoms with Crippen molar-refractivity contribution in [3.05, 3.63) is 71.8 Å². The van der Waals surface area contributed by atoms with Gasteiger partial charge in [0.25, 0.3) is 0 Å². The molecule has 0 aliphatic rings. The minimum absolute atomic E-state index is 0.128. The highest BCUT2D eigenvalue weighted by Gasteiger charge is 2.15. The highest BCUT2D eigenvalue weighted by atomic mass is 16.1. The van der Waals surface area contributed by atoms with Crippen LogP contribution in [0.1, 0.15) is 22.8 Å². The molecule has 4 rings (SSSR count). The van der Waals surface area contributed by atoms with Crippen LogP contribution >= 0.6 is 0 Å². The normalized spacial score (nSPS) is 11.4. The first-order valence-corrected chi connectivity index (χ1v) is 7.52. The van der Waals surface area contributed by atoms with E-state index in [2.05, 4.69) is 54.6 Å². The smallest absolute Gasteiger partial charge is 0.160 e. The second-order valence-electron chi connectivity index (χ2n) is 5.81. The fraction of sp³-hybridized carbons (Fsp3) is 0.0952. The molecule has 0 saturated carbocycles.